The lowest BCUT2D eigenvalue weighted by atomic mass is 10.2. The molecule has 5 nitrogen and oxygen atoms in total. The molecule has 102 valence electrons. The minimum Gasteiger partial charge on any atom is -0.464 e. The highest BCUT2D eigenvalue weighted by Gasteiger charge is 2.08. The molecule has 0 radical (unpaired) electrons. The molecule has 2 rings (SSSR count). The second-order valence-corrected chi connectivity index (χ2v) is 4.90. The monoisotopic (exact) mass is 333 g/mol. The highest BCUT2D eigenvalue weighted by Crippen LogP contribution is 2.23. The number of carbonyl (C=O) groups is 1. The molecule has 0 aliphatic rings. The van der Waals surface area contributed by atoms with Crippen molar-refractivity contribution in [2.24, 2.45) is 0 Å². The van der Waals surface area contributed by atoms with Gasteiger partial charge in [-0.15, -0.1) is 0 Å². The van der Waals surface area contributed by atoms with Crippen molar-refractivity contribution in [3.63, 3.8) is 0 Å². The van der Waals surface area contributed by atoms with E-state index in [0.717, 1.165) is 15.9 Å². The Hall–Kier alpha value is -2.26. The summed E-state index contributed by atoms with van der Waals surface area (Å²) >= 11 is 3.40. The maximum Gasteiger partial charge on any atom is 0.354 e. The van der Waals surface area contributed by atoms with Crippen molar-refractivity contribution in [3.8, 4) is 6.07 Å². The van der Waals surface area contributed by atoms with Crippen LogP contribution in [0.4, 0.5) is 5.69 Å². The van der Waals surface area contributed by atoms with Crippen LogP contribution in [0.5, 0.6) is 0 Å². The van der Waals surface area contributed by atoms with E-state index in [0.29, 0.717) is 17.8 Å². The molecule has 0 bridgehead atoms. The van der Waals surface area contributed by atoms with Crippen LogP contribution in [0.1, 0.15) is 21.7 Å². The fourth-order valence-electron chi connectivity index (χ4n) is 1.69. The second kappa shape index (κ2) is 6.26. The molecule has 0 unspecified atom stereocenters. The maximum atomic E-state index is 11.3. The molecule has 0 saturated carbocycles. The highest BCUT2D eigenvalue weighted by atomic mass is 79.9. The van der Waals surface area contributed by atoms with Gasteiger partial charge in [-0.3, -0.25) is 0 Å². The summed E-state index contributed by atoms with van der Waals surface area (Å²) in [5.74, 6) is -0.393. The summed E-state index contributed by atoms with van der Waals surface area (Å²) in [6, 6.07) is 10.9. The first-order chi connectivity index (χ1) is 9.63. The molecular formula is C14H12BrN3O2. The largest absolute Gasteiger partial charge is 0.464 e. The van der Waals surface area contributed by atoms with Crippen LogP contribution in [0, 0.1) is 11.3 Å². The lowest BCUT2D eigenvalue weighted by Gasteiger charge is -2.07. The van der Waals surface area contributed by atoms with Gasteiger partial charge in [0.1, 0.15) is 5.69 Å². The Morgan fingerprint density at radius 3 is 2.90 bits per heavy atom. The minimum absolute atomic E-state index is 0.393. The third-order valence-electron chi connectivity index (χ3n) is 2.72. The highest BCUT2D eigenvalue weighted by molar-refractivity contribution is 9.10. The van der Waals surface area contributed by atoms with Crippen molar-refractivity contribution in [3.05, 3.63) is 51.8 Å². The fourth-order valence-corrected chi connectivity index (χ4v) is 2.21. The standard InChI is InChI=1S/C14H12BrN3O2/c1-20-14(19)13-5-3-10(18-13)8-17-12-4-2-9(7-16)6-11(12)15/h2-6,17-18H,8H2,1H3. The number of nitrogens with one attached hydrogen (secondary N) is 2. The number of anilines is 1. The molecule has 0 aliphatic carbocycles. The van der Waals surface area contributed by atoms with Crippen molar-refractivity contribution in [1.29, 1.82) is 5.26 Å². The van der Waals surface area contributed by atoms with Crippen LogP contribution in [0.2, 0.25) is 0 Å². The van der Waals surface area contributed by atoms with Gasteiger partial charge in [0.25, 0.3) is 0 Å². The predicted octanol–water partition coefficient (Wildman–Crippen LogP) is 3.05. The number of methoxy groups -OCH3 is 1. The number of hydrogen-bond acceptors (Lipinski definition) is 4. The van der Waals surface area contributed by atoms with Crippen molar-refractivity contribution in [1.82, 2.24) is 4.98 Å². The van der Waals surface area contributed by atoms with Crippen molar-refractivity contribution in [2.45, 2.75) is 6.54 Å². The molecule has 6 heteroatoms. The number of carbonyl (C=O) groups excluding carboxylic acids is 1. The Bertz CT molecular complexity index is 673. The third kappa shape index (κ3) is 3.19. The molecule has 1 aromatic carbocycles. The van der Waals surface area contributed by atoms with Crippen LogP contribution in [-0.2, 0) is 11.3 Å². The number of hydrogen-bond donors (Lipinski definition) is 2. The Morgan fingerprint density at radius 1 is 1.45 bits per heavy atom. The lowest BCUT2D eigenvalue weighted by molar-refractivity contribution is 0.0594. The topological polar surface area (TPSA) is 77.9 Å². The summed E-state index contributed by atoms with van der Waals surface area (Å²) in [5.41, 5.74) is 2.75. The molecule has 0 spiro atoms. The molecular weight excluding hydrogens is 322 g/mol. The smallest absolute Gasteiger partial charge is 0.354 e. The molecule has 1 heterocycles. The first kappa shape index (κ1) is 14.2. The minimum atomic E-state index is -0.393. The van der Waals surface area contributed by atoms with Gasteiger partial charge in [-0.25, -0.2) is 4.79 Å². The first-order valence-corrected chi connectivity index (χ1v) is 6.63. The second-order valence-electron chi connectivity index (χ2n) is 4.05. The van der Waals surface area contributed by atoms with Gasteiger partial charge >= 0.3 is 5.97 Å². The Labute approximate surface area is 124 Å². The van der Waals surface area contributed by atoms with Gasteiger partial charge in [0, 0.05) is 15.9 Å². The maximum absolute atomic E-state index is 11.3. The van der Waals surface area contributed by atoms with Gasteiger partial charge < -0.3 is 15.0 Å². The van der Waals surface area contributed by atoms with Gasteiger partial charge in [-0.1, -0.05) is 0 Å². The van der Waals surface area contributed by atoms with E-state index in [1.54, 1.807) is 18.2 Å². The number of rotatable bonds is 4. The van der Waals surface area contributed by atoms with Gasteiger partial charge in [0.05, 0.1) is 25.3 Å². The Balaban J connectivity index is 2.04. The van der Waals surface area contributed by atoms with Crippen molar-refractivity contribution >= 4 is 27.6 Å². The zero-order chi connectivity index (χ0) is 14.5. The van der Waals surface area contributed by atoms with Crippen LogP contribution in [0.15, 0.2) is 34.8 Å². The van der Waals surface area contributed by atoms with E-state index in [2.05, 4.69) is 37.0 Å². The Morgan fingerprint density at radius 2 is 2.25 bits per heavy atom. The van der Waals surface area contributed by atoms with E-state index in [9.17, 15) is 4.79 Å². The number of nitriles is 1. The summed E-state index contributed by atoms with van der Waals surface area (Å²) in [5, 5.41) is 12.0. The number of esters is 1. The quantitative estimate of drug-likeness (QED) is 0.843. The average molecular weight is 334 g/mol. The zero-order valence-corrected chi connectivity index (χ0v) is 12.3. The predicted molar refractivity (Wildman–Crippen MR) is 78.3 cm³/mol. The Kier molecular flexibility index (Phi) is 4.43. The summed E-state index contributed by atoms with van der Waals surface area (Å²) in [6.45, 7) is 0.529. The average Bonchev–Trinajstić information content (AvgIpc) is 2.94. The molecule has 2 aromatic rings. The van der Waals surface area contributed by atoms with Gasteiger partial charge in [-0.2, -0.15) is 5.26 Å². The number of benzene rings is 1. The van der Waals surface area contributed by atoms with Crippen LogP contribution < -0.4 is 5.32 Å². The lowest BCUT2D eigenvalue weighted by Crippen LogP contribution is -2.04. The molecule has 0 atom stereocenters. The van der Waals surface area contributed by atoms with E-state index in [1.807, 2.05) is 12.1 Å². The van der Waals surface area contributed by atoms with E-state index in [-0.39, 0.29) is 0 Å². The van der Waals surface area contributed by atoms with Gasteiger partial charge in [-0.05, 0) is 46.3 Å². The van der Waals surface area contributed by atoms with E-state index in [4.69, 9.17) is 5.26 Å². The van der Waals surface area contributed by atoms with E-state index >= 15 is 0 Å². The van der Waals surface area contributed by atoms with E-state index < -0.39 is 5.97 Å². The summed E-state index contributed by atoms with van der Waals surface area (Å²) in [4.78, 5) is 14.3. The summed E-state index contributed by atoms with van der Waals surface area (Å²) < 4.78 is 5.44. The van der Waals surface area contributed by atoms with Crippen LogP contribution in [0.25, 0.3) is 0 Å². The van der Waals surface area contributed by atoms with Crippen molar-refractivity contribution < 1.29 is 9.53 Å². The molecule has 0 aliphatic heterocycles. The van der Waals surface area contributed by atoms with Crippen LogP contribution in [0.3, 0.4) is 0 Å². The van der Waals surface area contributed by atoms with Crippen LogP contribution in [-0.4, -0.2) is 18.1 Å². The van der Waals surface area contributed by atoms with Crippen LogP contribution >= 0.6 is 15.9 Å². The fraction of sp³-hybridized carbons (Fsp3) is 0.143. The first-order valence-electron chi connectivity index (χ1n) is 5.83. The third-order valence-corrected chi connectivity index (χ3v) is 3.38. The molecule has 0 amide bonds. The number of halogens is 1. The number of nitrogens with zero attached hydrogens (tertiary/aromatic N) is 1. The van der Waals surface area contributed by atoms with E-state index in [1.165, 1.54) is 7.11 Å². The zero-order valence-electron chi connectivity index (χ0n) is 10.7. The molecule has 0 fully saturated rings. The number of ether oxygens (including phenoxy) is 1. The SMILES string of the molecule is COC(=O)c1ccc(CNc2ccc(C#N)cc2Br)[nH]1. The molecule has 2 N–H and O–H groups in total. The molecule has 20 heavy (non-hydrogen) atoms. The normalized spacial score (nSPS) is 9.85. The van der Waals surface area contributed by atoms with Crippen molar-refractivity contribution in [2.75, 3.05) is 12.4 Å². The molecule has 1 aromatic heterocycles. The van der Waals surface area contributed by atoms with Gasteiger partial charge in [0.15, 0.2) is 0 Å². The van der Waals surface area contributed by atoms with Gasteiger partial charge in [0.2, 0.25) is 0 Å². The molecule has 0 saturated heterocycles. The number of aromatic nitrogens is 1. The number of H-pyrrole nitrogens is 1. The summed E-state index contributed by atoms with van der Waals surface area (Å²) in [6.07, 6.45) is 0. The number of aromatic amines is 1. The summed E-state index contributed by atoms with van der Waals surface area (Å²) in [7, 11) is 1.34.